The number of hydrogen-bond donors (Lipinski definition) is 0. The molecule has 3 aromatic rings. The fourth-order valence-electron chi connectivity index (χ4n) is 3.71. The number of para-hydroxylation sites is 1. The average Bonchev–Trinajstić information content (AvgIpc) is 2.63. The molecule has 0 bridgehead atoms. The second kappa shape index (κ2) is 5.57. The summed E-state index contributed by atoms with van der Waals surface area (Å²) in [5.74, 6) is 0.823. The van der Waals surface area contributed by atoms with E-state index < -0.39 is 10.5 Å². The first-order valence-electron chi connectivity index (χ1n) is 8.44. The van der Waals surface area contributed by atoms with Crippen molar-refractivity contribution >= 4 is 27.9 Å². The molecule has 0 amide bonds. The second-order valence-electron chi connectivity index (χ2n) is 7.02. The largest absolute Gasteiger partial charge is 0.496 e. The average molecular weight is 366 g/mol. The van der Waals surface area contributed by atoms with E-state index in [0.717, 1.165) is 5.52 Å². The van der Waals surface area contributed by atoms with Crippen LogP contribution in [-0.4, -0.2) is 22.2 Å². The molecule has 0 atom stereocenters. The van der Waals surface area contributed by atoms with Gasteiger partial charge in [0.25, 0.3) is 5.70 Å². The van der Waals surface area contributed by atoms with Crippen LogP contribution in [0, 0.1) is 10.1 Å². The maximum Gasteiger partial charge on any atom is 0.289 e. The molecule has 0 fully saturated rings. The molecule has 27 heavy (non-hydrogen) atoms. The number of aromatic nitrogens is 1. The second-order valence-corrected chi connectivity index (χ2v) is 7.02. The van der Waals surface area contributed by atoms with Gasteiger partial charge in [-0.3, -0.25) is 14.9 Å². The molecule has 138 valence electrons. The first-order valence-corrected chi connectivity index (χ1v) is 8.44. The third kappa shape index (κ3) is 2.31. The Morgan fingerprint density at radius 3 is 2.63 bits per heavy atom. The van der Waals surface area contributed by atoms with Crippen LogP contribution in [0.5, 0.6) is 11.5 Å². The highest BCUT2D eigenvalue weighted by Gasteiger charge is 2.40. The zero-order valence-electron chi connectivity index (χ0n) is 15.4. The molecule has 7 nitrogen and oxygen atoms in total. The minimum Gasteiger partial charge on any atom is -0.496 e. The van der Waals surface area contributed by atoms with Gasteiger partial charge in [0.2, 0.25) is 5.43 Å². The Labute approximate surface area is 154 Å². The van der Waals surface area contributed by atoms with Crippen molar-refractivity contribution in [2.45, 2.75) is 19.4 Å². The number of aryl methyl sites for hydroxylation is 1. The number of rotatable bonds is 2. The smallest absolute Gasteiger partial charge is 0.289 e. The van der Waals surface area contributed by atoms with E-state index in [9.17, 15) is 14.9 Å². The number of fused-ring (bicyclic) bond motifs is 4. The molecule has 0 saturated carbocycles. The van der Waals surface area contributed by atoms with Crippen molar-refractivity contribution in [2.75, 3.05) is 7.11 Å². The summed E-state index contributed by atoms with van der Waals surface area (Å²) in [5, 5.41) is 12.5. The third-order valence-electron chi connectivity index (χ3n) is 5.02. The lowest BCUT2D eigenvalue weighted by molar-refractivity contribution is -0.439. The van der Waals surface area contributed by atoms with E-state index >= 15 is 0 Å². The molecule has 0 saturated heterocycles. The molecule has 7 heteroatoms. The van der Waals surface area contributed by atoms with E-state index in [1.54, 1.807) is 32.0 Å². The van der Waals surface area contributed by atoms with Crippen molar-refractivity contribution in [3.63, 3.8) is 0 Å². The molecule has 0 spiro atoms. The number of nitrogens with zero attached hydrogens (tertiary/aromatic N) is 2. The van der Waals surface area contributed by atoms with Gasteiger partial charge in [0.1, 0.15) is 11.5 Å². The summed E-state index contributed by atoms with van der Waals surface area (Å²) in [4.78, 5) is 24.3. The number of nitro groups is 1. The van der Waals surface area contributed by atoms with Crippen LogP contribution in [0.3, 0.4) is 0 Å². The van der Waals surface area contributed by atoms with Crippen LogP contribution in [0.25, 0.3) is 27.9 Å². The highest BCUT2D eigenvalue weighted by atomic mass is 16.6. The summed E-state index contributed by atoms with van der Waals surface area (Å²) in [7, 11) is 3.31. The molecule has 1 aliphatic heterocycles. The zero-order valence-corrected chi connectivity index (χ0v) is 15.4. The third-order valence-corrected chi connectivity index (χ3v) is 5.02. The van der Waals surface area contributed by atoms with Crippen molar-refractivity contribution < 1.29 is 14.4 Å². The lowest BCUT2D eigenvalue weighted by atomic mass is 9.95. The quantitative estimate of drug-likeness (QED) is 0.394. The highest BCUT2D eigenvalue weighted by molar-refractivity contribution is 6.02. The summed E-state index contributed by atoms with van der Waals surface area (Å²) < 4.78 is 13.3. The van der Waals surface area contributed by atoms with E-state index in [2.05, 4.69) is 0 Å². The molecular formula is C20H18N2O5. The van der Waals surface area contributed by atoms with Crippen LogP contribution in [0.15, 0.2) is 40.8 Å². The molecule has 0 radical (unpaired) electrons. The van der Waals surface area contributed by atoms with Crippen molar-refractivity contribution in [1.82, 2.24) is 4.57 Å². The lowest BCUT2D eigenvalue weighted by Gasteiger charge is -2.29. The maximum atomic E-state index is 13.2. The molecule has 2 heterocycles. The molecule has 0 unspecified atom stereocenters. The Balaban J connectivity index is 2.26. The fourth-order valence-corrected chi connectivity index (χ4v) is 3.71. The predicted molar refractivity (Wildman–Crippen MR) is 103 cm³/mol. The van der Waals surface area contributed by atoms with E-state index in [4.69, 9.17) is 9.47 Å². The van der Waals surface area contributed by atoms with Crippen molar-refractivity contribution in [3.05, 3.63) is 61.9 Å². The minimum atomic E-state index is -1.11. The molecule has 1 aliphatic rings. The standard InChI is InChI=1S/C20H18N2O5/c1-20(2)16(22(24)25)9-12-14(27-20)10-15(26-4)17-18(12)21(3)13-8-6-5-7-11(13)19(17)23/h5-10H,1-4H3. The Hall–Kier alpha value is -3.35. The number of benzene rings is 2. The Morgan fingerprint density at radius 2 is 1.96 bits per heavy atom. The molecule has 0 aliphatic carbocycles. The van der Waals surface area contributed by atoms with Gasteiger partial charge in [0, 0.05) is 30.1 Å². The van der Waals surface area contributed by atoms with Crippen molar-refractivity contribution in [3.8, 4) is 11.5 Å². The monoisotopic (exact) mass is 366 g/mol. The van der Waals surface area contributed by atoms with Crippen molar-refractivity contribution in [2.24, 2.45) is 7.05 Å². The summed E-state index contributed by atoms with van der Waals surface area (Å²) in [5.41, 5.74) is 0.419. The van der Waals surface area contributed by atoms with Gasteiger partial charge in [-0.1, -0.05) is 12.1 Å². The molecule has 1 aromatic heterocycles. The van der Waals surface area contributed by atoms with Crippen LogP contribution < -0.4 is 14.9 Å². The topological polar surface area (TPSA) is 83.6 Å². The molecule has 0 N–H and O–H groups in total. The van der Waals surface area contributed by atoms with Crippen LogP contribution >= 0.6 is 0 Å². The highest BCUT2D eigenvalue weighted by Crippen LogP contribution is 2.43. The summed E-state index contributed by atoms with van der Waals surface area (Å²) in [6.45, 7) is 3.28. The number of hydrogen-bond acceptors (Lipinski definition) is 5. The fraction of sp³-hybridized carbons (Fsp3) is 0.250. The molecule has 4 rings (SSSR count). The first-order chi connectivity index (χ1) is 12.8. The van der Waals surface area contributed by atoms with E-state index in [0.29, 0.717) is 33.4 Å². The van der Waals surface area contributed by atoms with Gasteiger partial charge in [-0.05, 0) is 26.0 Å². The zero-order chi connectivity index (χ0) is 19.5. The van der Waals surface area contributed by atoms with Crippen LogP contribution in [0.4, 0.5) is 0 Å². The molecule has 2 aromatic carbocycles. The van der Waals surface area contributed by atoms with E-state index in [1.807, 2.05) is 23.7 Å². The maximum absolute atomic E-state index is 13.2. The summed E-state index contributed by atoms with van der Waals surface area (Å²) in [6.07, 6.45) is 1.49. The van der Waals surface area contributed by atoms with Crippen LogP contribution in [-0.2, 0) is 7.05 Å². The van der Waals surface area contributed by atoms with E-state index in [1.165, 1.54) is 13.2 Å². The lowest BCUT2D eigenvalue weighted by Crippen LogP contribution is -2.36. The Kier molecular flexibility index (Phi) is 3.53. The SMILES string of the molecule is COc1cc2c(c3c1c(=O)c1ccccc1n3C)C=C([N+](=O)[O-])C(C)(C)O2. The summed E-state index contributed by atoms with van der Waals surface area (Å²) in [6, 6.07) is 8.87. The number of methoxy groups -OCH3 is 1. The minimum absolute atomic E-state index is 0.0675. The number of pyridine rings is 1. The van der Waals surface area contributed by atoms with Crippen LogP contribution in [0.2, 0.25) is 0 Å². The summed E-state index contributed by atoms with van der Waals surface area (Å²) >= 11 is 0. The van der Waals surface area contributed by atoms with Gasteiger partial charge < -0.3 is 14.0 Å². The Bertz CT molecular complexity index is 1220. The van der Waals surface area contributed by atoms with Gasteiger partial charge >= 0.3 is 0 Å². The van der Waals surface area contributed by atoms with Gasteiger partial charge in [-0.15, -0.1) is 0 Å². The molecular weight excluding hydrogens is 348 g/mol. The van der Waals surface area contributed by atoms with Crippen molar-refractivity contribution in [1.29, 1.82) is 0 Å². The first kappa shape index (κ1) is 17.1. The number of ether oxygens (including phenoxy) is 2. The van der Waals surface area contributed by atoms with E-state index in [-0.39, 0.29) is 11.1 Å². The van der Waals surface area contributed by atoms with Gasteiger partial charge in [0.15, 0.2) is 5.60 Å². The van der Waals surface area contributed by atoms with Crippen LogP contribution in [0.1, 0.15) is 19.4 Å². The van der Waals surface area contributed by atoms with Gasteiger partial charge in [-0.2, -0.15) is 0 Å². The Morgan fingerprint density at radius 1 is 1.26 bits per heavy atom. The predicted octanol–water partition coefficient (Wildman–Crippen LogP) is 3.49. The normalized spacial score (nSPS) is 15.2. The van der Waals surface area contributed by atoms with Gasteiger partial charge in [-0.25, -0.2) is 0 Å². The van der Waals surface area contributed by atoms with Gasteiger partial charge in [0.05, 0.1) is 28.5 Å².